The molecule has 4 N–H and O–H groups in total. The molecule has 0 aliphatic carbocycles. The quantitative estimate of drug-likeness (QED) is 0.767. The third-order valence-electron chi connectivity index (χ3n) is 3.29. The minimum absolute atomic E-state index is 0.257. The van der Waals surface area contributed by atoms with Gasteiger partial charge in [0.25, 0.3) is 0 Å². The molecule has 0 saturated carbocycles. The fourth-order valence-corrected chi connectivity index (χ4v) is 2.03. The lowest BCUT2D eigenvalue weighted by Crippen LogP contribution is -2.31. The highest BCUT2D eigenvalue weighted by Crippen LogP contribution is 2.11. The van der Waals surface area contributed by atoms with Gasteiger partial charge in [-0.15, -0.1) is 0 Å². The summed E-state index contributed by atoms with van der Waals surface area (Å²) in [7, 11) is 1.62. The van der Waals surface area contributed by atoms with Crippen LogP contribution < -0.4 is 21.1 Å². The van der Waals surface area contributed by atoms with Crippen LogP contribution in [0.2, 0.25) is 0 Å². The maximum absolute atomic E-state index is 11.7. The fourth-order valence-electron chi connectivity index (χ4n) is 2.03. The first-order valence-electron chi connectivity index (χ1n) is 7.34. The average Bonchev–Trinajstić information content (AvgIpc) is 2.61. The largest absolute Gasteiger partial charge is 0.497 e. The number of methoxy groups -OCH3 is 1. The van der Waals surface area contributed by atoms with Gasteiger partial charge < -0.3 is 21.1 Å². The van der Waals surface area contributed by atoms with E-state index in [1.165, 1.54) is 0 Å². The summed E-state index contributed by atoms with van der Waals surface area (Å²) in [6.07, 6.45) is 3.42. The summed E-state index contributed by atoms with van der Waals surface area (Å²) < 4.78 is 5.09. The second-order valence-corrected chi connectivity index (χ2v) is 4.96. The van der Waals surface area contributed by atoms with E-state index in [1.807, 2.05) is 54.6 Å². The third-order valence-corrected chi connectivity index (χ3v) is 3.29. The molecule has 0 bridgehead atoms. The zero-order chi connectivity index (χ0) is 16.5. The molecule has 120 valence electrons. The van der Waals surface area contributed by atoms with Crippen molar-refractivity contribution in [3.8, 4) is 5.75 Å². The van der Waals surface area contributed by atoms with Crippen LogP contribution in [0.4, 0.5) is 4.79 Å². The highest BCUT2D eigenvalue weighted by Gasteiger charge is 1.99. The minimum atomic E-state index is -0.257. The van der Waals surface area contributed by atoms with E-state index in [1.54, 1.807) is 13.3 Å². The highest BCUT2D eigenvalue weighted by molar-refractivity contribution is 5.75. The third kappa shape index (κ3) is 5.48. The molecule has 0 spiro atoms. The first-order chi connectivity index (χ1) is 11.2. The number of carbonyl (C=O) groups excluding carboxylic acids is 1. The Balaban J connectivity index is 1.78. The topological polar surface area (TPSA) is 76.4 Å². The molecule has 0 atom stereocenters. The number of carbonyl (C=O) groups is 1. The number of benzene rings is 2. The van der Waals surface area contributed by atoms with Gasteiger partial charge in [-0.1, -0.05) is 36.4 Å². The molecule has 0 aliphatic heterocycles. The SMILES string of the molecule is COc1ccc(/C=C/NC(=O)NCc2cccc(CN)c2)cc1. The molecule has 2 aromatic rings. The van der Waals surface area contributed by atoms with Crippen LogP contribution in [0.5, 0.6) is 5.75 Å². The van der Waals surface area contributed by atoms with Gasteiger partial charge in [0.05, 0.1) is 7.11 Å². The highest BCUT2D eigenvalue weighted by atomic mass is 16.5. The van der Waals surface area contributed by atoms with E-state index in [-0.39, 0.29) is 6.03 Å². The molecule has 2 amide bonds. The second kappa shape index (κ2) is 8.60. The molecule has 0 heterocycles. The Labute approximate surface area is 136 Å². The molecule has 0 fully saturated rings. The zero-order valence-corrected chi connectivity index (χ0v) is 13.1. The van der Waals surface area contributed by atoms with Crippen LogP contribution in [-0.2, 0) is 13.1 Å². The van der Waals surface area contributed by atoms with E-state index in [0.29, 0.717) is 13.1 Å². The Morgan fingerprint density at radius 2 is 1.91 bits per heavy atom. The van der Waals surface area contributed by atoms with Gasteiger partial charge in [0.1, 0.15) is 5.75 Å². The Hall–Kier alpha value is -2.79. The van der Waals surface area contributed by atoms with Crippen LogP contribution >= 0.6 is 0 Å². The van der Waals surface area contributed by atoms with Crippen molar-refractivity contribution < 1.29 is 9.53 Å². The van der Waals surface area contributed by atoms with Gasteiger partial charge in [-0.05, 0) is 34.9 Å². The maximum Gasteiger partial charge on any atom is 0.319 e. The summed E-state index contributed by atoms with van der Waals surface area (Å²) >= 11 is 0. The number of amides is 2. The van der Waals surface area contributed by atoms with Crippen LogP contribution in [0.3, 0.4) is 0 Å². The van der Waals surface area contributed by atoms with Gasteiger partial charge in [-0.25, -0.2) is 4.79 Å². The number of nitrogens with one attached hydrogen (secondary N) is 2. The number of nitrogens with two attached hydrogens (primary N) is 1. The van der Waals surface area contributed by atoms with Gasteiger partial charge in [0.2, 0.25) is 0 Å². The number of hydrogen-bond donors (Lipinski definition) is 3. The molecule has 0 aliphatic rings. The number of urea groups is 1. The molecule has 2 aromatic carbocycles. The van der Waals surface area contributed by atoms with E-state index in [2.05, 4.69) is 10.6 Å². The number of rotatable bonds is 6. The van der Waals surface area contributed by atoms with E-state index >= 15 is 0 Å². The molecular weight excluding hydrogens is 290 g/mol. The van der Waals surface area contributed by atoms with Crippen molar-refractivity contribution in [3.63, 3.8) is 0 Å². The van der Waals surface area contributed by atoms with Gasteiger partial charge in [0, 0.05) is 19.3 Å². The van der Waals surface area contributed by atoms with Crippen LogP contribution in [0.25, 0.3) is 6.08 Å². The summed E-state index contributed by atoms with van der Waals surface area (Å²) in [6.45, 7) is 0.945. The Morgan fingerprint density at radius 1 is 1.17 bits per heavy atom. The Morgan fingerprint density at radius 3 is 2.61 bits per heavy atom. The van der Waals surface area contributed by atoms with E-state index in [9.17, 15) is 4.79 Å². The molecule has 0 radical (unpaired) electrons. The molecule has 23 heavy (non-hydrogen) atoms. The van der Waals surface area contributed by atoms with Crippen molar-refractivity contribution in [1.82, 2.24) is 10.6 Å². The Bertz CT molecular complexity index is 666. The minimum Gasteiger partial charge on any atom is -0.497 e. The zero-order valence-electron chi connectivity index (χ0n) is 13.1. The molecule has 2 rings (SSSR count). The second-order valence-electron chi connectivity index (χ2n) is 4.96. The smallest absolute Gasteiger partial charge is 0.319 e. The fraction of sp³-hybridized carbons (Fsp3) is 0.167. The standard InChI is InChI=1S/C18H21N3O2/c1-23-17-7-5-14(6-8-17)9-10-20-18(22)21-13-16-4-2-3-15(11-16)12-19/h2-11H,12-13,19H2,1H3,(H2,20,21,22)/b10-9+. The number of hydrogen-bond acceptors (Lipinski definition) is 3. The van der Waals surface area contributed by atoms with E-state index in [0.717, 1.165) is 22.4 Å². The molecule has 0 aromatic heterocycles. The number of ether oxygens (including phenoxy) is 1. The predicted molar refractivity (Wildman–Crippen MR) is 91.7 cm³/mol. The van der Waals surface area contributed by atoms with Crippen molar-refractivity contribution in [2.75, 3.05) is 7.11 Å². The lowest BCUT2D eigenvalue weighted by molar-refractivity contribution is 0.244. The summed E-state index contributed by atoms with van der Waals surface area (Å²) in [6, 6.07) is 15.1. The van der Waals surface area contributed by atoms with E-state index < -0.39 is 0 Å². The van der Waals surface area contributed by atoms with E-state index in [4.69, 9.17) is 10.5 Å². The monoisotopic (exact) mass is 311 g/mol. The Kier molecular flexibility index (Phi) is 6.20. The summed E-state index contributed by atoms with van der Waals surface area (Å²) in [5.74, 6) is 0.799. The predicted octanol–water partition coefficient (Wildman–Crippen LogP) is 2.62. The first kappa shape index (κ1) is 16.6. The van der Waals surface area contributed by atoms with Crippen molar-refractivity contribution in [1.29, 1.82) is 0 Å². The van der Waals surface area contributed by atoms with Crippen LogP contribution in [-0.4, -0.2) is 13.1 Å². The first-order valence-corrected chi connectivity index (χ1v) is 7.34. The lowest BCUT2D eigenvalue weighted by Gasteiger charge is -2.06. The summed E-state index contributed by atoms with van der Waals surface area (Å²) in [4.78, 5) is 11.7. The maximum atomic E-state index is 11.7. The summed E-state index contributed by atoms with van der Waals surface area (Å²) in [5.41, 5.74) is 8.63. The molecule has 5 heteroatoms. The lowest BCUT2D eigenvalue weighted by atomic mass is 10.1. The van der Waals surface area contributed by atoms with Gasteiger partial charge >= 0.3 is 6.03 Å². The normalized spacial score (nSPS) is 10.5. The van der Waals surface area contributed by atoms with Gasteiger partial charge in [-0.2, -0.15) is 0 Å². The van der Waals surface area contributed by atoms with Crippen LogP contribution in [0.1, 0.15) is 16.7 Å². The molecule has 5 nitrogen and oxygen atoms in total. The molecular formula is C18H21N3O2. The van der Waals surface area contributed by atoms with Gasteiger partial charge in [-0.3, -0.25) is 0 Å². The van der Waals surface area contributed by atoms with Crippen molar-refractivity contribution >= 4 is 12.1 Å². The summed E-state index contributed by atoms with van der Waals surface area (Å²) in [5, 5.41) is 5.46. The molecule has 0 unspecified atom stereocenters. The van der Waals surface area contributed by atoms with Crippen molar-refractivity contribution in [2.24, 2.45) is 5.73 Å². The van der Waals surface area contributed by atoms with Crippen molar-refractivity contribution in [2.45, 2.75) is 13.1 Å². The van der Waals surface area contributed by atoms with Crippen LogP contribution in [0.15, 0.2) is 54.7 Å². The average molecular weight is 311 g/mol. The van der Waals surface area contributed by atoms with Crippen molar-refractivity contribution in [3.05, 3.63) is 71.4 Å². The van der Waals surface area contributed by atoms with Gasteiger partial charge in [0.15, 0.2) is 0 Å². The molecule has 0 saturated heterocycles. The van der Waals surface area contributed by atoms with Crippen LogP contribution in [0, 0.1) is 0 Å².